The molecule has 0 aliphatic heterocycles. The van der Waals surface area contributed by atoms with Crippen LogP contribution in [0.2, 0.25) is 0 Å². The highest BCUT2D eigenvalue weighted by Crippen LogP contribution is 2.69. The number of aliphatic hydroxyl groups is 3. The van der Waals surface area contributed by atoms with Gasteiger partial charge < -0.3 is 15.3 Å². The summed E-state index contributed by atoms with van der Waals surface area (Å²) >= 11 is 3.21. The van der Waals surface area contributed by atoms with Crippen molar-refractivity contribution in [2.45, 2.75) is 69.4 Å². The molecular formula is C22H30BrFO8S. The molecule has 4 rings (SSSR count). The van der Waals surface area contributed by atoms with Crippen LogP contribution in [0.25, 0.3) is 0 Å². The number of ketones is 2. The zero-order chi connectivity index (χ0) is 24.8. The van der Waals surface area contributed by atoms with Gasteiger partial charge >= 0.3 is 0 Å². The van der Waals surface area contributed by atoms with Crippen LogP contribution >= 0.6 is 15.9 Å². The van der Waals surface area contributed by atoms with Crippen LogP contribution in [0.4, 0.5) is 4.39 Å². The molecule has 0 bridgehead atoms. The van der Waals surface area contributed by atoms with Gasteiger partial charge in [0.05, 0.1) is 16.8 Å². The lowest BCUT2D eigenvalue weighted by molar-refractivity contribution is -0.236. The molecule has 9 atom stereocenters. The van der Waals surface area contributed by atoms with E-state index in [-0.39, 0.29) is 29.7 Å². The molecular weight excluding hydrogens is 523 g/mol. The van der Waals surface area contributed by atoms with Gasteiger partial charge in [-0.2, -0.15) is 8.42 Å². The van der Waals surface area contributed by atoms with E-state index in [4.69, 9.17) is 4.18 Å². The number of Topliss-reactive ketones (excluding diaryl/α,β-unsaturated/α-hetero) is 2. The van der Waals surface area contributed by atoms with E-state index in [9.17, 15) is 33.3 Å². The van der Waals surface area contributed by atoms with E-state index in [1.807, 2.05) is 0 Å². The van der Waals surface area contributed by atoms with Crippen molar-refractivity contribution in [1.82, 2.24) is 0 Å². The summed E-state index contributed by atoms with van der Waals surface area (Å²) in [6.45, 7) is 2.41. The topological polar surface area (TPSA) is 138 Å². The summed E-state index contributed by atoms with van der Waals surface area (Å²) in [6, 6.07) is 0. The number of carbonyl (C=O) groups excluding carboxylic acids is 2. The van der Waals surface area contributed by atoms with Gasteiger partial charge in [-0.15, -0.1) is 0 Å². The fourth-order valence-corrected chi connectivity index (χ4v) is 8.91. The third-order valence-corrected chi connectivity index (χ3v) is 10.5. The molecule has 3 fully saturated rings. The maximum absolute atomic E-state index is 15.7. The van der Waals surface area contributed by atoms with E-state index in [1.165, 1.54) is 6.08 Å². The van der Waals surface area contributed by atoms with Crippen molar-refractivity contribution in [2.75, 3.05) is 12.9 Å². The molecule has 11 heteroatoms. The Hall–Kier alpha value is -0.720. The fraction of sp³-hybridized carbons (Fsp3) is 0.818. The van der Waals surface area contributed by atoms with E-state index >= 15 is 4.39 Å². The molecule has 33 heavy (non-hydrogen) atoms. The van der Waals surface area contributed by atoms with Crippen molar-refractivity contribution in [1.29, 1.82) is 0 Å². The van der Waals surface area contributed by atoms with E-state index in [2.05, 4.69) is 15.9 Å². The molecule has 0 aromatic rings. The lowest BCUT2D eigenvalue weighted by Gasteiger charge is -2.64. The van der Waals surface area contributed by atoms with Crippen LogP contribution < -0.4 is 0 Å². The summed E-state index contributed by atoms with van der Waals surface area (Å²) in [6.07, 6.45) is -0.742. The Labute approximate surface area is 200 Å². The van der Waals surface area contributed by atoms with Crippen molar-refractivity contribution in [3.05, 3.63) is 10.6 Å². The van der Waals surface area contributed by atoms with Gasteiger partial charge in [-0.05, 0) is 53.4 Å². The average molecular weight is 553 g/mol. The van der Waals surface area contributed by atoms with Gasteiger partial charge in [-0.1, -0.05) is 19.9 Å². The number of hydrogen-bond acceptors (Lipinski definition) is 8. The lowest BCUT2D eigenvalue weighted by atomic mass is 9.43. The van der Waals surface area contributed by atoms with Gasteiger partial charge in [0.2, 0.25) is 0 Å². The Morgan fingerprint density at radius 3 is 2.55 bits per heavy atom. The number of fused-ring (bicyclic) bond motifs is 5. The normalized spacial score (nSPS) is 49.6. The van der Waals surface area contributed by atoms with Gasteiger partial charge in [0.15, 0.2) is 11.6 Å². The third-order valence-electron chi connectivity index (χ3n) is 9.23. The molecule has 3 unspecified atom stereocenters. The van der Waals surface area contributed by atoms with Crippen molar-refractivity contribution in [3.8, 4) is 0 Å². The molecule has 0 aromatic heterocycles. The highest BCUT2D eigenvalue weighted by atomic mass is 79.9. The number of halogens is 2. The molecule has 0 saturated heterocycles. The van der Waals surface area contributed by atoms with Gasteiger partial charge in [0.25, 0.3) is 10.1 Å². The van der Waals surface area contributed by atoms with Gasteiger partial charge in [-0.25, -0.2) is 4.39 Å². The first-order chi connectivity index (χ1) is 15.0. The van der Waals surface area contributed by atoms with Crippen LogP contribution in [-0.4, -0.2) is 71.6 Å². The van der Waals surface area contributed by atoms with E-state index in [0.29, 0.717) is 6.42 Å². The summed E-state index contributed by atoms with van der Waals surface area (Å²) in [5.74, 6) is -2.83. The first-order valence-corrected chi connectivity index (χ1v) is 13.7. The first-order valence-electron chi connectivity index (χ1n) is 11.1. The summed E-state index contributed by atoms with van der Waals surface area (Å²) < 4.78 is 45.9. The molecule has 0 heterocycles. The molecule has 0 aromatic carbocycles. The number of allylic oxidation sites excluding steroid dienone is 1. The molecule has 0 radical (unpaired) electrons. The molecule has 0 spiro atoms. The first kappa shape index (κ1) is 25.4. The second-order valence-corrected chi connectivity index (χ2v) is 13.2. The summed E-state index contributed by atoms with van der Waals surface area (Å²) in [4.78, 5) is 25.0. The number of rotatable bonds is 4. The maximum Gasteiger partial charge on any atom is 0.264 e. The van der Waals surface area contributed by atoms with Crippen LogP contribution in [0.3, 0.4) is 0 Å². The predicted octanol–water partition coefficient (Wildman–Crippen LogP) is 1.41. The highest BCUT2D eigenvalue weighted by Gasteiger charge is 2.73. The quantitative estimate of drug-likeness (QED) is 0.445. The molecule has 0 amide bonds. The Morgan fingerprint density at radius 1 is 1.33 bits per heavy atom. The molecule has 4 aliphatic carbocycles. The summed E-state index contributed by atoms with van der Waals surface area (Å²) in [5, 5.41) is 32.4. The zero-order valence-electron chi connectivity index (χ0n) is 18.8. The predicted molar refractivity (Wildman–Crippen MR) is 118 cm³/mol. The van der Waals surface area contributed by atoms with Gasteiger partial charge in [0, 0.05) is 23.2 Å². The number of aliphatic hydroxyl groups excluding tert-OH is 1. The summed E-state index contributed by atoms with van der Waals surface area (Å²) in [7, 11) is -4.01. The van der Waals surface area contributed by atoms with Crippen molar-refractivity contribution in [2.24, 2.45) is 28.6 Å². The smallest absolute Gasteiger partial charge is 0.264 e. The second-order valence-electron chi connectivity index (χ2n) is 10.7. The lowest BCUT2D eigenvalue weighted by Crippen LogP contribution is -2.70. The molecule has 186 valence electrons. The molecule has 3 N–H and O–H groups in total. The monoisotopic (exact) mass is 552 g/mol. The van der Waals surface area contributed by atoms with Crippen molar-refractivity contribution >= 4 is 37.6 Å². The maximum atomic E-state index is 15.7. The Balaban J connectivity index is 1.91. The number of carbonyl (C=O) groups is 2. The molecule has 8 nitrogen and oxygen atoms in total. The Kier molecular flexibility index (Phi) is 5.87. The van der Waals surface area contributed by atoms with Crippen LogP contribution in [0, 0.1) is 28.6 Å². The number of hydrogen-bond donors (Lipinski definition) is 3. The van der Waals surface area contributed by atoms with Gasteiger partial charge in [0.1, 0.15) is 24.0 Å². The van der Waals surface area contributed by atoms with Crippen LogP contribution in [-0.2, 0) is 23.9 Å². The number of alkyl halides is 1. The van der Waals surface area contributed by atoms with E-state index in [1.54, 1.807) is 13.8 Å². The fourth-order valence-electron chi connectivity index (χ4n) is 7.66. The SMILES string of the molecule is C[C@]12CC(OS(C)(=O)=O)[C@H]3[C@@H](CC(F)C4(O)CC(=O)C(Br)=C[C@]34C)[C@@H]1CC[C@]2(O)C(=O)CO. The van der Waals surface area contributed by atoms with Crippen molar-refractivity contribution < 1.29 is 41.9 Å². The van der Waals surface area contributed by atoms with Crippen molar-refractivity contribution in [3.63, 3.8) is 0 Å². The largest absolute Gasteiger partial charge is 0.388 e. The van der Waals surface area contributed by atoms with Crippen LogP contribution in [0.1, 0.15) is 46.0 Å². The Bertz CT molecular complexity index is 1030. The van der Waals surface area contributed by atoms with Gasteiger partial charge in [-0.3, -0.25) is 13.8 Å². The Morgan fingerprint density at radius 2 is 1.97 bits per heavy atom. The standard InChI is InChI=1S/C22H30BrFO8S/c1-19-9-15(32-33(3,30)31)18-11(12(19)4-5-21(19,28)17(27)10-25)6-16(24)22(29)8-14(26)13(23)7-20(18,22)2/h7,11-12,15-16,18,25,28-29H,4-6,8-10H2,1-3H3/t11-,12-,15?,16?,18+,19-,20+,21-,22?/m0/s1. The van der Waals surface area contributed by atoms with Crippen LogP contribution in [0.5, 0.6) is 0 Å². The minimum Gasteiger partial charge on any atom is -0.388 e. The minimum atomic E-state index is -4.01. The second kappa shape index (κ2) is 7.64. The minimum absolute atomic E-state index is 0.0455. The zero-order valence-corrected chi connectivity index (χ0v) is 21.2. The average Bonchev–Trinajstić information content (AvgIpc) is 2.95. The third kappa shape index (κ3) is 3.36. The van der Waals surface area contributed by atoms with E-state index in [0.717, 1.165) is 6.26 Å². The van der Waals surface area contributed by atoms with Crippen LogP contribution in [0.15, 0.2) is 10.6 Å². The van der Waals surface area contributed by atoms with E-state index < -0.39 is 80.9 Å². The highest BCUT2D eigenvalue weighted by molar-refractivity contribution is 9.12. The molecule has 4 aliphatic rings. The molecule has 3 saturated carbocycles. The summed E-state index contributed by atoms with van der Waals surface area (Å²) in [5.41, 5.74) is -6.47.